The van der Waals surface area contributed by atoms with Gasteiger partial charge >= 0.3 is 0 Å². The first-order valence-corrected chi connectivity index (χ1v) is 14.6. The van der Waals surface area contributed by atoms with Crippen LogP contribution in [0.15, 0.2) is 25.3 Å². The Morgan fingerprint density at radius 3 is 2.13 bits per heavy atom. The zero-order valence-electron chi connectivity index (χ0n) is 23.4. The Balaban J connectivity index is 1.19. The van der Waals surface area contributed by atoms with Gasteiger partial charge in [0.15, 0.2) is 48.8 Å². The molecule has 2 aliphatic heterocycles. The summed E-state index contributed by atoms with van der Waals surface area (Å²) in [6, 6.07) is 0. The van der Waals surface area contributed by atoms with Gasteiger partial charge in [0.1, 0.15) is 48.6 Å². The van der Waals surface area contributed by atoms with Gasteiger partial charge in [-0.1, -0.05) is 0 Å². The third kappa shape index (κ3) is 5.88. The van der Waals surface area contributed by atoms with Crippen LogP contribution in [0.2, 0.25) is 0 Å². The lowest BCUT2D eigenvalue weighted by Crippen LogP contribution is -2.36. The van der Waals surface area contributed by atoms with Crippen molar-refractivity contribution in [3.63, 3.8) is 0 Å². The van der Waals surface area contributed by atoms with E-state index in [4.69, 9.17) is 29.6 Å². The van der Waals surface area contributed by atoms with E-state index in [2.05, 4.69) is 34.7 Å². The molecule has 9 atom stereocenters. The Morgan fingerprint density at radius 1 is 0.933 bits per heavy atom. The predicted octanol–water partition coefficient (Wildman–Crippen LogP) is 0.488. The predicted molar refractivity (Wildman–Crippen MR) is 156 cm³/mol. The highest BCUT2D eigenvalue weighted by Crippen LogP contribution is 2.60. The zero-order valence-corrected chi connectivity index (χ0v) is 24.3. The molecular formula is C25H31BF2N9O7P. The molecule has 20 heteroatoms. The maximum atomic E-state index is 16.1. The third-order valence-electron chi connectivity index (χ3n) is 7.32. The van der Waals surface area contributed by atoms with E-state index in [1.165, 1.54) is 34.4 Å². The van der Waals surface area contributed by atoms with Gasteiger partial charge in [-0.25, -0.2) is 58.8 Å². The molecule has 0 aliphatic carbocycles. The smallest absolute Gasteiger partial charge is 0.242 e. The Kier molecular flexibility index (Phi) is 9.01. The van der Waals surface area contributed by atoms with Gasteiger partial charge in [-0.2, -0.15) is 0 Å². The summed E-state index contributed by atoms with van der Waals surface area (Å²) in [6.45, 7) is 9.59. The second-order valence-corrected chi connectivity index (χ2v) is 11.2. The first-order chi connectivity index (χ1) is 21.7. The summed E-state index contributed by atoms with van der Waals surface area (Å²) in [5, 5.41) is 20.8. The van der Waals surface area contributed by atoms with Gasteiger partial charge in [0, 0.05) is 0 Å². The van der Waals surface area contributed by atoms with Crippen molar-refractivity contribution in [1.29, 1.82) is 0 Å². The van der Waals surface area contributed by atoms with Crippen LogP contribution in [0.25, 0.3) is 27.2 Å². The molecule has 2 aliphatic rings. The quantitative estimate of drug-likeness (QED) is 0.0994. The van der Waals surface area contributed by atoms with Crippen molar-refractivity contribution in [3.8, 4) is 0 Å². The van der Waals surface area contributed by atoms with Gasteiger partial charge in [-0.3, -0.25) is 9.13 Å². The number of rotatable bonds is 11. The summed E-state index contributed by atoms with van der Waals surface area (Å²) >= 11 is 0. The number of fused-ring (bicyclic) bond motifs is 2. The van der Waals surface area contributed by atoms with E-state index in [1.54, 1.807) is 13.8 Å². The van der Waals surface area contributed by atoms with Crippen molar-refractivity contribution >= 4 is 37.7 Å². The molecule has 2 saturated heterocycles. The van der Waals surface area contributed by atoms with E-state index < -0.39 is 71.2 Å². The summed E-state index contributed by atoms with van der Waals surface area (Å²) in [7, 11) is -4.29. The fraction of sp³-hybridized carbons (Fsp3) is 0.560. The number of hydrogen-bond acceptors (Lipinski definition) is 13. The van der Waals surface area contributed by atoms with Gasteiger partial charge in [0.2, 0.25) is 21.9 Å². The van der Waals surface area contributed by atoms with Gasteiger partial charge in [0.05, 0.1) is 30.6 Å². The minimum Gasteiger partial charge on any atom is -0.394 e. The summed E-state index contributed by atoms with van der Waals surface area (Å²) in [6.07, 6.45) is -5.80. The topological polar surface area (TPSA) is 178 Å². The largest absolute Gasteiger partial charge is 0.394 e. The van der Waals surface area contributed by atoms with Crippen LogP contribution in [0, 0.1) is 20.4 Å². The average molecular weight is 649 g/mol. The number of aliphatic hydroxyl groups is 2. The molecule has 6 heterocycles. The molecule has 0 amide bonds. The van der Waals surface area contributed by atoms with E-state index in [0.717, 1.165) is 0 Å². The second-order valence-electron chi connectivity index (χ2n) is 10.1. The highest BCUT2D eigenvalue weighted by Gasteiger charge is 2.53. The van der Waals surface area contributed by atoms with E-state index >= 15 is 8.78 Å². The van der Waals surface area contributed by atoms with Crippen LogP contribution >= 0.6 is 7.82 Å². The lowest BCUT2D eigenvalue weighted by Gasteiger charge is -2.30. The van der Waals surface area contributed by atoms with Crippen molar-refractivity contribution in [1.82, 2.24) is 39.0 Å². The van der Waals surface area contributed by atoms with Gasteiger partial charge in [-0.05, 0) is 13.8 Å². The highest BCUT2D eigenvalue weighted by molar-refractivity contribution is 7.85. The maximum Gasteiger partial charge on any atom is 0.242 e. The molecule has 45 heavy (non-hydrogen) atoms. The first kappa shape index (κ1) is 31.6. The van der Waals surface area contributed by atoms with Gasteiger partial charge < -0.3 is 24.5 Å². The van der Waals surface area contributed by atoms with Crippen molar-refractivity contribution in [3.05, 3.63) is 48.1 Å². The fourth-order valence-electron chi connectivity index (χ4n) is 5.07. The molecule has 5 unspecified atom stereocenters. The summed E-state index contributed by atoms with van der Waals surface area (Å²) < 4.78 is 64.3. The molecule has 0 spiro atoms. The molecule has 2 fully saturated rings. The average Bonchev–Trinajstić information content (AvgIpc) is 3.79. The van der Waals surface area contributed by atoms with Gasteiger partial charge in [-0.15, -0.1) is 0 Å². The number of aromatic nitrogens is 8. The summed E-state index contributed by atoms with van der Waals surface area (Å²) in [5.41, 5.74) is 2.90. The number of aryl methyl sites for hydroxylation is 2. The minimum atomic E-state index is -3.26. The van der Waals surface area contributed by atoms with E-state index in [1.807, 2.05) is 0 Å². The monoisotopic (exact) mass is 649 g/mol. The minimum absolute atomic E-state index is 0.00554. The SMILES string of the molecule is [BH3-][P+](OCC[N+]#[C-])(OCC1OC(n2cnc3c(C)ncnc32)C(O)[C@H]1F)OC1[C@@H](CO)O[C@@H](n2cnc3c(C)ncnc32)[C@H]1F. The lowest BCUT2D eigenvalue weighted by molar-refractivity contribution is -0.0551. The zero-order chi connectivity index (χ0) is 31.9. The maximum absolute atomic E-state index is 16.1. The number of nitrogens with zero attached hydrogens (tertiary/aromatic N) is 9. The van der Waals surface area contributed by atoms with Crippen LogP contribution in [-0.2, 0) is 23.0 Å². The van der Waals surface area contributed by atoms with E-state index in [9.17, 15) is 10.2 Å². The van der Waals surface area contributed by atoms with Crippen LogP contribution in [0.4, 0.5) is 8.78 Å². The molecule has 240 valence electrons. The van der Waals surface area contributed by atoms with Crippen LogP contribution in [0.1, 0.15) is 23.8 Å². The number of ether oxygens (including phenoxy) is 2. The molecule has 0 saturated carbocycles. The van der Waals surface area contributed by atoms with Crippen molar-refractivity contribution < 1.29 is 42.0 Å². The van der Waals surface area contributed by atoms with Crippen LogP contribution < -0.4 is 0 Å². The number of halogens is 2. The highest BCUT2D eigenvalue weighted by atomic mass is 31.2. The third-order valence-corrected chi connectivity index (χ3v) is 8.49. The number of aliphatic hydroxyl groups excluding tert-OH is 2. The Bertz CT molecular complexity index is 1710. The van der Waals surface area contributed by atoms with Crippen LogP contribution in [-0.4, -0.2) is 120 Å². The van der Waals surface area contributed by atoms with E-state index in [-0.39, 0.29) is 19.8 Å². The lowest BCUT2D eigenvalue weighted by atomic mass is 10.1. The van der Waals surface area contributed by atoms with Crippen LogP contribution in [0.5, 0.6) is 0 Å². The van der Waals surface area contributed by atoms with Crippen LogP contribution in [0.3, 0.4) is 0 Å². The molecule has 0 radical (unpaired) electrons. The molecular weight excluding hydrogens is 618 g/mol. The summed E-state index contributed by atoms with van der Waals surface area (Å²) in [4.78, 5) is 28.4. The van der Waals surface area contributed by atoms with Crippen molar-refractivity contribution in [2.24, 2.45) is 0 Å². The second kappa shape index (κ2) is 12.8. The van der Waals surface area contributed by atoms with Crippen molar-refractivity contribution in [2.45, 2.75) is 63.1 Å². The summed E-state index contributed by atoms with van der Waals surface area (Å²) in [5.74, 6) is 0. The Labute approximate surface area is 256 Å². The number of imidazole rings is 2. The molecule has 0 aromatic carbocycles. The van der Waals surface area contributed by atoms with E-state index in [0.29, 0.717) is 33.7 Å². The van der Waals surface area contributed by atoms with Gasteiger partial charge in [0.25, 0.3) is 0 Å². The number of alkyl halides is 2. The molecule has 2 N–H and O–H groups in total. The number of hydrogen-bond donors (Lipinski definition) is 2. The fourth-order valence-corrected chi connectivity index (χ4v) is 6.21. The molecule has 4 aromatic rings. The Morgan fingerprint density at radius 2 is 1.53 bits per heavy atom. The molecule has 16 nitrogen and oxygen atoms in total. The molecule has 6 rings (SSSR count). The standard InChI is InChI=1S/C25H31BF2N9O7P/c1-12-18-22(32-8-30-12)36(10-34-18)24-17(28)21(14(6-38)42-24)44-45(26,40-5-4-29-3)41-7-15-16(27)20(39)25(43-15)37-11-35-19-13(2)31-9-33-23(19)37/h8-11,14-17,20-21,24-25,38-39H,4-7H2,1-2,26H3/t14-,15?,16+,17+,20?,21?,24-,25?,45?/m1/s1. The molecule has 0 bridgehead atoms. The normalized spacial score (nSPS) is 29.8. The Hall–Kier alpha value is -3.34. The molecule has 4 aromatic heterocycles. The van der Waals surface area contributed by atoms with Crippen molar-refractivity contribution in [2.75, 3.05) is 26.4 Å². The first-order valence-electron chi connectivity index (χ1n) is 13.5.